The molecule has 2 fully saturated rings. The third-order valence-electron chi connectivity index (χ3n) is 4.28. The van der Waals surface area contributed by atoms with Gasteiger partial charge in [0.1, 0.15) is 0 Å². The van der Waals surface area contributed by atoms with Crippen LogP contribution in [0.5, 0.6) is 0 Å². The number of piperidine rings is 1. The number of hydrogen-bond donors (Lipinski definition) is 1. The second kappa shape index (κ2) is 4.81. The van der Waals surface area contributed by atoms with Crippen molar-refractivity contribution in [3.63, 3.8) is 0 Å². The van der Waals surface area contributed by atoms with E-state index in [1.54, 1.807) is 0 Å². The monoisotopic (exact) mass is 211 g/mol. The van der Waals surface area contributed by atoms with Gasteiger partial charge in [-0.3, -0.25) is 4.90 Å². The minimum absolute atomic E-state index is 0.744. The van der Waals surface area contributed by atoms with Gasteiger partial charge in [-0.25, -0.2) is 0 Å². The van der Waals surface area contributed by atoms with Crippen LogP contribution < -0.4 is 5.32 Å². The van der Waals surface area contributed by atoms with E-state index in [9.17, 15) is 0 Å². The van der Waals surface area contributed by atoms with Gasteiger partial charge in [-0.05, 0) is 33.7 Å². The van der Waals surface area contributed by atoms with Crippen molar-refractivity contribution in [2.24, 2.45) is 0 Å². The Bertz CT molecular complexity index is 189. The third-order valence-corrected chi connectivity index (χ3v) is 4.28. The third kappa shape index (κ3) is 2.52. The van der Waals surface area contributed by atoms with Crippen LogP contribution in [0.25, 0.3) is 0 Å². The first-order valence-electron chi connectivity index (χ1n) is 6.35. The molecule has 0 aromatic rings. The summed E-state index contributed by atoms with van der Waals surface area (Å²) in [6, 6.07) is 2.32. The summed E-state index contributed by atoms with van der Waals surface area (Å²) < 4.78 is 0. The van der Waals surface area contributed by atoms with Crippen LogP contribution in [-0.4, -0.2) is 61.2 Å². The van der Waals surface area contributed by atoms with Crippen LogP contribution in [0.1, 0.15) is 26.7 Å². The second-order valence-electron chi connectivity index (χ2n) is 5.27. The standard InChI is InChI=1S/C12H25N3/c1-10-8-12(9-11(2)14(10)3)15-6-4-13-5-7-15/h10-13H,4-9H2,1-3H3. The molecule has 88 valence electrons. The molecular weight excluding hydrogens is 186 g/mol. The van der Waals surface area contributed by atoms with Crippen LogP contribution in [0.15, 0.2) is 0 Å². The average Bonchev–Trinajstić information content (AvgIpc) is 2.26. The predicted molar refractivity (Wildman–Crippen MR) is 64.2 cm³/mol. The van der Waals surface area contributed by atoms with Crippen LogP contribution in [-0.2, 0) is 0 Å². The van der Waals surface area contributed by atoms with E-state index < -0.39 is 0 Å². The van der Waals surface area contributed by atoms with Gasteiger partial charge in [-0.1, -0.05) is 0 Å². The lowest BCUT2D eigenvalue weighted by Gasteiger charge is -2.45. The van der Waals surface area contributed by atoms with Crippen LogP contribution >= 0.6 is 0 Å². The molecule has 2 saturated heterocycles. The molecular formula is C12H25N3. The van der Waals surface area contributed by atoms with Gasteiger partial charge in [0.15, 0.2) is 0 Å². The lowest BCUT2D eigenvalue weighted by atomic mass is 9.92. The van der Waals surface area contributed by atoms with Gasteiger partial charge < -0.3 is 10.2 Å². The zero-order chi connectivity index (χ0) is 10.8. The molecule has 2 atom stereocenters. The predicted octanol–water partition coefficient (Wildman–Crippen LogP) is 0.763. The van der Waals surface area contributed by atoms with Crippen molar-refractivity contribution >= 4 is 0 Å². The Balaban J connectivity index is 1.92. The molecule has 0 amide bonds. The topological polar surface area (TPSA) is 18.5 Å². The van der Waals surface area contributed by atoms with Crippen molar-refractivity contribution < 1.29 is 0 Å². The lowest BCUT2D eigenvalue weighted by molar-refractivity contribution is 0.0468. The minimum Gasteiger partial charge on any atom is -0.314 e. The van der Waals surface area contributed by atoms with Crippen LogP contribution in [0.3, 0.4) is 0 Å². The Morgan fingerprint density at radius 2 is 1.53 bits per heavy atom. The zero-order valence-electron chi connectivity index (χ0n) is 10.4. The molecule has 0 aliphatic carbocycles. The summed E-state index contributed by atoms with van der Waals surface area (Å²) in [5, 5.41) is 3.43. The fourth-order valence-corrected chi connectivity index (χ4v) is 3.00. The normalized spacial score (nSPS) is 40.6. The molecule has 2 aliphatic heterocycles. The molecule has 0 aromatic carbocycles. The van der Waals surface area contributed by atoms with Crippen molar-refractivity contribution in [1.29, 1.82) is 0 Å². The van der Waals surface area contributed by atoms with Crippen molar-refractivity contribution in [2.75, 3.05) is 33.2 Å². The van der Waals surface area contributed by atoms with Crippen molar-refractivity contribution in [2.45, 2.75) is 44.8 Å². The van der Waals surface area contributed by atoms with Crippen LogP contribution in [0.2, 0.25) is 0 Å². The van der Waals surface area contributed by atoms with Gasteiger partial charge in [0.2, 0.25) is 0 Å². The molecule has 2 aliphatic rings. The molecule has 3 nitrogen and oxygen atoms in total. The Morgan fingerprint density at radius 3 is 2.07 bits per heavy atom. The highest BCUT2D eigenvalue weighted by atomic mass is 15.2. The SMILES string of the molecule is CC1CC(N2CCNCC2)CC(C)N1C. The summed E-state index contributed by atoms with van der Waals surface area (Å²) in [4.78, 5) is 5.22. The number of hydrogen-bond acceptors (Lipinski definition) is 3. The van der Waals surface area contributed by atoms with Gasteiger partial charge in [0.05, 0.1) is 0 Å². The minimum atomic E-state index is 0.744. The average molecular weight is 211 g/mol. The maximum absolute atomic E-state index is 3.43. The smallest absolute Gasteiger partial charge is 0.0126 e. The number of likely N-dealkylation sites (tertiary alicyclic amines) is 1. The number of rotatable bonds is 1. The fourth-order valence-electron chi connectivity index (χ4n) is 3.00. The molecule has 2 unspecified atom stereocenters. The summed E-state index contributed by atoms with van der Waals surface area (Å²) >= 11 is 0. The number of nitrogens with zero attached hydrogens (tertiary/aromatic N) is 2. The van der Waals surface area contributed by atoms with E-state index in [1.165, 1.54) is 39.0 Å². The quantitative estimate of drug-likeness (QED) is 0.691. The van der Waals surface area contributed by atoms with Crippen LogP contribution in [0, 0.1) is 0 Å². The number of piperazine rings is 1. The summed E-state index contributed by atoms with van der Waals surface area (Å²) in [5.41, 5.74) is 0. The zero-order valence-corrected chi connectivity index (χ0v) is 10.4. The van der Waals surface area contributed by atoms with Gasteiger partial charge in [0, 0.05) is 44.3 Å². The van der Waals surface area contributed by atoms with E-state index in [1.807, 2.05) is 0 Å². The molecule has 2 heterocycles. The van der Waals surface area contributed by atoms with Gasteiger partial charge >= 0.3 is 0 Å². The Morgan fingerprint density at radius 1 is 1.00 bits per heavy atom. The summed E-state index contributed by atoms with van der Waals surface area (Å²) in [6.07, 6.45) is 2.70. The van der Waals surface area contributed by atoms with E-state index >= 15 is 0 Å². The van der Waals surface area contributed by atoms with E-state index in [2.05, 4.69) is 36.0 Å². The molecule has 0 saturated carbocycles. The summed E-state index contributed by atoms with van der Waals surface area (Å²) in [7, 11) is 2.27. The lowest BCUT2D eigenvalue weighted by Crippen LogP contribution is -2.55. The second-order valence-corrected chi connectivity index (χ2v) is 5.27. The first-order valence-corrected chi connectivity index (χ1v) is 6.35. The fraction of sp³-hybridized carbons (Fsp3) is 1.00. The largest absolute Gasteiger partial charge is 0.314 e. The van der Waals surface area contributed by atoms with E-state index in [4.69, 9.17) is 0 Å². The van der Waals surface area contributed by atoms with Gasteiger partial charge in [-0.2, -0.15) is 0 Å². The van der Waals surface area contributed by atoms with Crippen LogP contribution in [0.4, 0.5) is 0 Å². The molecule has 0 radical (unpaired) electrons. The molecule has 0 bridgehead atoms. The Labute approximate surface area is 93.8 Å². The van der Waals surface area contributed by atoms with Crippen molar-refractivity contribution in [3.05, 3.63) is 0 Å². The summed E-state index contributed by atoms with van der Waals surface area (Å²) in [6.45, 7) is 9.57. The van der Waals surface area contributed by atoms with E-state index in [-0.39, 0.29) is 0 Å². The first kappa shape index (κ1) is 11.4. The van der Waals surface area contributed by atoms with Crippen molar-refractivity contribution in [1.82, 2.24) is 15.1 Å². The maximum Gasteiger partial charge on any atom is 0.0126 e. The molecule has 0 spiro atoms. The number of nitrogens with one attached hydrogen (secondary N) is 1. The maximum atomic E-state index is 3.43. The highest BCUT2D eigenvalue weighted by molar-refractivity contribution is 4.89. The molecule has 15 heavy (non-hydrogen) atoms. The van der Waals surface area contributed by atoms with Gasteiger partial charge in [0.25, 0.3) is 0 Å². The Kier molecular flexibility index (Phi) is 3.65. The first-order chi connectivity index (χ1) is 7.18. The van der Waals surface area contributed by atoms with E-state index in [0.29, 0.717) is 0 Å². The van der Waals surface area contributed by atoms with Gasteiger partial charge in [-0.15, -0.1) is 0 Å². The molecule has 1 N–H and O–H groups in total. The molecule has 2 rings (SSSR count). The van der Waals surface area contributed by atoms with E-state index in [0.717, 1.165) is 18.1 Å². The highest BCUT2D eigenvalue weighted by Gasteiger charge is 2.31. The molecule has 0 aromatic heterocycles. The van der Waals surface area contributed by atoms with Crippen molar-refractivity contribution in [3.8, 4) is 0 Å². The Hall–Kier alpha value is -0.120. The molecule has 3 heteroatoms. The highest BCUT2D eigenvalue weighted by Crippen LogP contribution is 2.25. The summed E-state index contributed by atoms with van der Waals surface area (Å²) in [5.74, 6) is 0.